The first-order valence-electron chi connectivity index (χ1n) is 11.8. The van der Waals surface area contributed by atoms with Crippen LogP contribution in [0.25, 0.3) is 0 Å². The van der Waals surface area contributed by atoms with Crippen molar-refractivity contribution in [3.8, 4) is 0 Å². The van der Waals surface area contributed by atoms with E-state index in [1.54, 1.807) is 44.2 Å². The first kappa shape index (κ1) is 24.5. The van der Waals surface area contributed by atoms with Gasteiger partial charge in [0.05, 0.1) is 17.4 Å². The van der Waals surface area contributed by atoms with E-state index >= 15 is 0 Å². The minimum Gasteiger partial charge on any atom is -0.360 e. The van der Waals surface area contributed by atoms with Gasteiger partial charge in [0, 0.05) is 23.2 Å². The average molecular weight is 513 g/mol. The van der Waals surface area contributed by atoms with Gasteiger partial charge in [0.25, 0.3) is 0 Å². The van der Waals surface area contributed by atoms with E-state index in [1.165, 1.54) is 4.90 Å². The zero-order valence-corrected chi connectivity index (χ0v) is 21.6. The van der Waals surface area contributed by atoms with Crippen LogP contribution in [0.5, 0.6) is 0 Å². The Bertz CT molecular complexity index is 1270. The van der Waals surface area contributed by atoms with Gasteiger partial charge < -0.3 is 24.8 Å². The van der Waals surface area contributed by atoms with Crippen molar-refractivity contribution < 1.29 is 23.6 Å². The summed E-state index contributed by atoms with van der Waals surface area (Å²) in [7, 11) is 0. The second-order valence-electron chi connectivity index (χ2n) is 11.0. The zero-order chi connectivity index (χ0) is 26.0. The summed E-state index contributed by atoms with van der Waals surface area (Å²) >= 11 is 6.04. The molecule has 0 saturated carbocycles. The summed E-state index contributed by atoms with van der Waals surface area (Å²) in [5.74, 6) is -2.03. The molecule has 3 aliphatic rings. The molecule has 5 atom stereocenters. The van der Waals surface area contributed by atoms with Gasteiger partial charge in [-0.15, -0.1) is 0 Å². The molecule has 2 aromatic rings. The van der Waals surface area contributed by atoms with Crippen LogP contribution < -0.4 is 10.6 Å². The number of fused-ring (bicyclic) bond motifs is 1. The fourth-order valence-corrected chi connectivity index (χ4v) is 5.78. The summed E-state index contributed by atoms with van der Waals surface area (Å²) in [6.07, 6.45) is 3.58. The molecule has 2 bridgehead atoms. The fraction of sp³-hybridized carbons (Fsp3) is 0.462. The van der Waals surface area contributed by atoms with Crippen molar-refractivity contribution in [1.82, 2.24) is 15.4 Å². The van der Waals surface area contributed by atoms with Crippen molar-refractivity contribution in [3.05, 3.63) is 58.8 Å². The van der Waals surface area contributed by atoms with Crippen molar-refractivity contribution in [1.29, 1.82) is 0 Å². The highest BCUT2D eigenvalue weighted by Crippen LogP contribution is 2.60. The number of likely N-dealkylation sites (tertiary alicyclic amines) is 1. The van der Waals surface area contributed by atoms with E-state index < -0.39 is 40.5 Å². The van der Waals surface area contributed by atoms with Crippen molar-refractivity contribution in [2.24, 2.45) is 11.8 Å². The highest BCUT2D eigenvalue weighted by molar-refractivity contribution is 6.30. The lowest BCUT2D eigenvalue weighted by Gasteiger charge is -2.35. The van der Waals surface area contributed by atoms with Crippen LogP contribution >= 0.6 is 11.6 Å². The number of hydrogen-bond acceptors (Lipinski definition) is 6. The Morgan fingerprint density at radius 1 is 1.17 bits per heavy atom. The van der Waals surface area contributed by atoms with Crippen LogP contribution in [-0.4, -0.2) is 50.6 Å². The third-order valence-corrected chi connectivity index (χ3v) is 7.22. The van der Waals surface area contributed by atoms with Crippen LogP contribution in [0.15, 0.2) is 47.0 Å². The van der Waals surface area contributed by atoms with E-state index in [1.807, 2.05) is 32.9 Å². The first-order valence-corrected chi connectivity index (χ1v) is 12.2. The molecule has 190 valence electrons. The van der Waals surface area contributed by atoms with E-state index in [0.29, 0.717) is 10.8 Å². The molecule has 3 aliphatic heterocycles. The van der Waals surface area contributed by atoms with E-state index in [9.17, 15) is 14.4 Å². The number of benzene rings is 1. The monoisotopic (exact) mass is 512 g/mol. The summed E-state index contributed by atoms with van der Waals surface area (Å²) in [5.41, 5.74) is -2.07. The SMILES string of the molecule is Cc1cc(NC(=O)[C@@H]2[C@@H]3C(=O)N(Cc4ccc(Cl)cc4)[C@H](C(=O)NC(C)(C)C)[C@@]34C=C[C@]2(C)O4)no1. The van der Waals surface area contributed by atoms with E-state index in [0.717, 1.165) is 5.56 Å². The molecule has 1 spiro atoms. The number of carbonyl (C=O) groups is 3. The molecule has 36 heavy (non-hydrogen) atoms. The number of nitrogens with zero attached hydrogens (tertiary/aromatic N) is 2. The predicted octanol–water partition coefficient (Wildman–Crippen LogP) is 3.23. The van der Waals surface area contributed by atoms with Gasteiger partial charge in [-0.1, -0.05) is 41.0 Å². The van der Waals surface area contributed by atoms with Crippen LogP contribution in [0.2, 0.25) is 5.02 Å². The molecule has 0 aliphatic carbocycles. The number of aryl methyl sites for hydroxylation is 1. The minimum atomic E-state index is -1.28. The van der Waals surface area contributed by atoms with Gasteiger partial charge in [-0.2, -0.15) is 0 Å². The number of halogens is 1. The Morgan fingerprint density at radius 2 is 1.86 bits per heavy atom. The van der Waals surface area contributed by atoms with Gasteiger partial charge in [-0.25, -0.2) is 0 Å². The van der Waals surface area contributed by atoms with E-state index in [-0.39, 0.29) is 24.2 Å². The lowest BCUT2D eigenvalue weighted by molar-refractivity contribution is -0.145. The third kappa shape index (κ3) is 3.90. The van der Waals surface area contributed by atoms with Gasteiger partial charge in [0.15, 0.2) is 5.82 Å². The van der Waals surface area contributed by atoms with Crippen LogP contribution in [0.1, 0.15) is 39.0 Å². The van der Waals surface area contributed by atoms with Crippen molar-refractivity contribution in [2.75, 3.05) is 5.32 Å². The maximum absolute atomic E-state index is 14.0. The van der Waals surface area contributed by atoms with Crippen LogP contribution in [-0.2, 0) is 25.7 Å². The summed E-state index contributed by atoms with van der Waals surface area (Å²) in [5, 5.41) is 10.2. The summed E-state index contributed by atoms with van der Waals surface area (Å²) in [4.78, 5) is 42.8. The maximum atomic E-state index is 14.0. The van der Waals surface area contributed by atoms with E-state index in [2.05, 4.69) is 15.8 Å². The zero-order valence-electron chi connectivity index (χ0n) is 20.8. The molecule has 0 unspecified atom stereocenters. The van der Waals surface area contributed by atoms with E-state index in [4.69, 9.17) is 20.9 Å². The van der Waals surface area contributed by atoms with Crippen molar-refractivity contribution in [2.45, 2.75) is 63.9 Å². The molecular weight excluding hydrogens is 484 g/mol. The molecule has 2 saturated heterocycles. The standard InChI is InChI=1S/C26H29ClN4O5/c1-14-12-17(30-35-14)28-21(32)18-19-23(34)31(13-15-6-8-16(27)9-7-15)20(22(33)29-24(2,3)4)26(19)11-10-25(18,5)36-26/h6-12,18-20H,13H2,1-5H3,(H,29,33)(H,28,30,32)/t18-,19+,20+,25-,26+/m0/s1. The molecule has 2 N–H and O–H groups in total. The molecule has 0 radical (unpaired) electrons. The van der Waals surface area contributed by atoms with Gasteiger partial charge in [0.2, 0.25) is 17.7 Å². The van der Waals surface area contributed by atoms with Crippen LogP contribution in [0, 0.1) is 18.8 Å². The minimum absolute atomic E-state index is 0.168. The Hall–Kier alpha value is -3.17. The molecule has 9 nitrogen and oxygen atoms in total. The second-order valence-corrected chi connectivity index (χ2v) is 11.4. The highest BCUT2D eigenvalue weighted by Gasteiger charge is 2.76. The fourth-order valence-electron chi connectivity index (χ4n) is 5.65. The molecule has 1 aromatic heterocycles. The molecule has 4 heterocycles. The Kier molecular flexibility index (Phi) is 5.57. The Labute approximate surface area is 214 Å². The summed E-state index contributed by atoms with van der Waals surface area (Å²) < 4.78 is 11.6. The van der Waals surface area contributed by atoms with Gasteiger partial charge in [-0.05, 0) is 52.3 Å². The number of ether oxygens (including phenoxy) is 1. The molecule has 5 rings (SSSR count). The maximum Gasteiger partial charge on any atom is 0.246 e. The Morgan fingerprint density at radius 3 is 2.47 bits per heavy atom. The predicted molar refractivity (Wildman–Crippen MR) is 132 cm³/mol. The molecule has 1 aromatic carbocycles. The van der Waals surface area contributed by atoms with Crippen molar-refractivity contribution >= 4 is 35.1 Å². The largest absolute Gasteiger partial charge is 0.360 e. The summed E-state index contributed by atoms with van der Waals surface area (Å²) in [6.45, 7) is 9.28. The number of hydrogen-bond donors (Lipinski definition) is 2. The van der Waals surface area contributed by atoms with Crippen LogP contribution in [0.3, 0.4) is 0 Å². The first-order chi connectivity index (χ1) is 16.8. The summed E-state index contributed by atoms with van der Waals surface area (Å²) in [6, 6.07) is 7.73. The normalized spacial score (nSPS) is 30.6. The number of rotatable bonds is 5. The molecule has 3 amide bonds. The number of nitrogens with one attached hydrogen (secondary N) is 2. The van der Waals surface area contributed by atoms with Crippen LogP contribution in [0.4, 0.5) is 5.82 Å². The average Bonchev–Trinajstić information content (AvgIpc) is 3.46. The number of amides is 3. The third-order valence-electron chi connectivity index (χ3n) is 6.97. The molecular formula is C26H29ClN4O5. The lowest BCUT2D eigenvalue weighted by atomic mass is 9.70. The highest BCUT2D eigenvalue weighted by atomic mass is 35.5. The lowest BCUT2D eigenvalue weighted by Crippen LogP contribution is -2.57. The number of anilines is 1. The smallest absolute Gasteiger partial charge is 0.246 e. The van der Waals surface area contributed by atoms with Gasteiger partial charge >= 0.3 is 0 Å². The van der Waals surface area contributed by atoms with Gasteiger partial charge in [0.1, 0.15) is 17.4 Å². The Balaban J connectivity index is 1.54. The second kappa shape index (κ2) is 8.18. The quantitative estimate of drug-likeness (QED) is 0.594. The number of aromatic nitrogens is 1. The number of carbonyl (C=O) groups excluding carboxylic acids is 3. The molecule has 2 fully saturated rings. The van der Waals surface area contributed by atoms with Crippen molar-refractivity contribution in [3.63, 3.8) is 0 Å². The molecule has 10 heteroatoms. The topological polar surface area (TPSA) is 114 Å². The van der Waals surface area contributed by atoms with Gasteiger partial charge in [-0.3, -0.25) is 14.4 Å².